The number of carbonyl (C=O) groups is 2. The number of hydrogen-bond donors (Lipinski definition) is 3. The van der Waals surface area contributed by atoms with E-state index in [1.165, 1.54) is 11.8 Å². The van der Waals surface area contributed by atoms with Gasteiger partial charge in [-0.25, -0.2) is 0 Å². The van der Waals surface area contributed by atoms with E-state index in [0.717, 1.165) is 0 Å². The SMILES string of the molecule is CC(C)c1ccc(OCC(=O)NNC(=S)NC(=O)Cc2ccco2)cc1. The van der Waals surface area contributed by atoms with Crippen LogP contribution in [0.2, 0.25) is 0 Å². The molecule has 1 aromatic carbocycles. The summed E-state index contributed by atoms with van der Waals surface area (Å²) in [5, 5.41) is 2.41. The maximum atomic E-state index is 11.8. The van der Waals surface area contributed by atoms with E-state index in [4.69, 9.17) is 21.4 Å². The Kier molecular flexibility index (Phi) is 7.16. The van der Waals surface area contributed by atoms with Crippen LogP contribution < -0.4 is 20.9 Å². The largest absolute Gasteiger partial charge is 0.484 e. The van der Waals surface area contributed by atoms with Crippen molar-refractivity contribution in [3.63, 3.8) is 0 Å². The summed E-state index contributed by atoms with van der Waals surface area (Å²) < 4.78 is 10.5. The molecule has 0 aliphatic heterocycles. The van der Waals surface area contributed by atoms with Crippen LogP contribution in [0.15, 0.2) is 47.1 Å². The summed E-state index contributed by atoms with van der Waals surface area (Å²) in [6, 6.07) is 10.9. The third-order valence-electron chi connectivity index (χ3n) is 3.40. The van der Waals surface area contributed by atoms with Crippen LogP contribution in [-0.4, -0.2) is 23.5 Å². The van der Waals surface area contributed by atoms with Crippen molar-refractivity contribution in [1.82, 2.24) is 16.2 Å². The van der Waals surface area contributed by atoms with Gasteiger partial charge in [0, 0.05) is 0 Å². The highest BCUT2D eigenvalue weighted by Gasteiger charge is 2.09. The zero-order valence-electron chi connectivity index (χ0n) is 14.6. The fourth-order valence-electron chi connectivity index (χ4n) is 2.03. The summed E-state index contributed by atoms with van der Waals surface area (Å²) in [6.45, 7) is 4.02. The number of rotatable bonds is 6. The molecule has 0 fully saturated rings. The molecule has 138 valence electrons. The minimum atomic E-state index is -0.430. The number of furan rings is 1. The van der Waals surface area contributed by atoms with E-state index in [2.05, 4.69) is 30.0 Å². The molecule has 0 aliphatic carbocycles. The first-order valence-electron chi connectivity index (χ1n) is 8.08. The van der Waals surface area contributed by atoms with Gasteiger partial charge in [-0.05, 0) is 48.0 Å². The smallest absolute Gasteiger partial charge is 0.276 e. The highest BCUT2D eigenvalue weighted by molar-refractivity contribution is 7.80. The fourth-order valence-corrected chi connectivity index (χ4v) is 2.20. The second kappa shape index (κ2) is 9.57. The van der Waals surface area contributed by atoms with Crippen molar-refractivity contribution in [1.29, 1.82) is 0 Å². The standard InChI is InChI=1S/C18H21N3O4S/c1-12(2)13-5-7-14(8-6-13)25-11-17(23)20-21-18(26)19-16(22)10-15-4-3-9-24-15/h3-9,12H,10-11H2,1-2H3,(H,20,23)(H2,19,21,22,26). The van der Waals surface area contributed by atoms with Gasteiger partial charge in [-0.15, -0.1) is 0 Å². The second-order valence-electron chi connectivity index (χ2n) is 5.82. The quantitative estimate of drug-likeness (QED) is 0.529. The van der Waals surface area contributed by atoms with Gasteiger partial charge >= 0.3 is 0 Å². The summed E-state index contributed by atoms with van der Waals surface area (Å²) >= 11 is 4.93. The molecule has 0 bridgehead atoms. The lowest BCUT2D eigenvalue weighted by molar-refractivity contribution is -0.124. The van der Waals surface area contributed by atoms with Crippen LogP contribution in [-0.2, 0) is 16.0 Å². The zero-order chi connectivity index (χ0) is 18.9. The van der Waals surface area contributed by atoms with Gasteiger partial charge in [-0.2, -0.15) is 0 Å². The fraction of sp³-hybridized carbons (Fsp3) is 0.278. The number of benzene rings is 1. The van der Waals surface area contributed by atoms with Gasteiger partial charge < -0.3 is 14.5 Å². The van der Waals surface area contributed by atoms with E-state index in [1.807, 2.05) is 24.3 Å². The van der Waals surface area contributed by atoms with Gasteiger partial charge in [0.2, 0.25) is 5.91 Å². The van der Waals surface area contributed by atoms with Crippen molar-refractivity contribution >= 4 is 29.1 Å². The molecule has 7 nitrogen and oxygen atoms in total. The highest BCUT2D eigenvalue weighted by atomic mass is 32.1. The lowest BCUT2D eigenvalue weighted by Crippen LogP contribution is -2.49. The zero-order valence-corrected chi connectivity index (χ0v) is 15.4. The number of thiocarbonyl (C=S) groups is 1. The molecule has 0 aliphatic rings. The van der Waals surface area contributed by atoms with Crippen molar-refractivity contribution < 1.29 is 18.7 Å². The average molecular weight is 375 g/mol. The third kappa shape index (κ3) is 6.56. The van der Waals surface area contributed by atoms with Gasteiger partial charge in [0.05, 0.1) is 12.7 Å². The predicted octanol–water partition coefficient (Wildman–Crippen LogP) is 2.05. The molecule has 0 spiro atoms. The number of amides is 2. The molecule has 26 heavy (non-hydrogen) atoms. The van der Waals surface area contributed by atoms with Gasteiger partial charge in [0.15, 0.2) is 11.7 Å². The molecule has 2 amide bonds. The first-order chi connectivity index (χ1) is 12.4. The second-order valence-corrected chi connectivity index (χ2v) is 6.23. The molecule has 1 aromatic heterocycles. The van der Waals surface area contributed by atoms with Crippen LogP contribution in [0, 0.1) is 0 Å². The molecule has 0 radical (unpaired) electrons. The summed E-state index contributed by atoms with van der Waals surface area (Å²) in [5.74, 6) is 0.763. The Morgan fingerprint density at radius 3 is 2.46 bits per heavy atom. The van der Waals surface area contributed by atoms with E-state index in [-0.39, 0.29) is 24.0 Å². The molecule has 8 heteroatoms. The maximum absolute atomic E-state index is 11.8. The summed E-state index contributed by atoms with van der Waals surface area (Å²) in [7, 11) is 0. The molecule has 2 rings (SSSR count). The Bertz CT molecular complexity index is 742. The first-order valence-corrected chi connectivity index (χ1v) is 8.48. The Morgan fingerprint density at radius 1 is 1.12 bits per heavy atom. The number of carbonyl (C=O) groups excluding carboxylic acids is 2. The average Bonchev–Trinajstić information content (AvgIpc) is 3.11. The van der Waals surface area contributed by atoms with Crippen LogP contribution in [0.5, 0.6) is 5.75 Å². The summed E-state index contributed by atoms with van der Waals surface area (Å²) in [4.78, 5) is 23.5. The highest BCUT2D eigenvalue weighted by Crippen LogP contribution is 2.18. The number of hydrogen-bond acceptors (Lipinski definition) is 5. The van der Waals surface area contributed by atoms with Gasteiger partial charge in [-0.1, -0.05) is 26.0 Å². The van der Waals surface area contributed by atoms with Crippen LogP contribution in [0.4, 0.5) is 0 Å². The molecule has 0 saturated carbocycles. The maximum Gasteiger partial charge on any atom is 0.276 e. The molecule has 1 heterocycles. The summed E-state index contributed by atoms with van der Waals surface area (Å²) in [6.07, 6.45) is 1.54. The normalized spacial score (nSPS) is 10.3. The van der Waals surface area contributed by atoms with Crippen molar-refractivity contribution in [2.75, 3.05) is 6.61 Å². The van der Waals surface area contributed by atoms with Crippen LogP contribution in [0.25, 0.3) is 0 Å². The molecule has 0 saturated heterocycles. The minimum Gasteiger partial charge on any atom is -0.484 e. The molecule has 3 N–H and O–H groups in total. The van der Waals surface area contributed by atoms with E-state index >= 15 is 0 Å². The van der Waals surface area contributed by atoms with Crippen LogP contribution >= 0.6 is 12.2 Å². The van der Waals surface area contributed by atoms with Gasteiger partial charge in [-0.3, -0.25) is 20.4 Å². The van der Waals surface area contributed by atoms with Gasteiger partial charge in [0.25, 0.3) is 5.91 Å². The Hall–Kier alpha value is -2.87. The monoisotopic (exact) mass is 375 g/mol. The van der Waals surface area contributed by atoms with E-state index in [1.54, 1.807) is 12.1 Å². The molecule has 2 aromatic rings. The van der Waals surface area contributed by atoms with E-state index < -0.39 is 5.91 Å². The Morgan fingerprint density at radius 2 is 1.85 bits per heavy atom. The third-order valence-corrected chi connectivity index (χ3v) is 3.60. The number of hydrazine groups is 1. The van der Waals surface area contributed by atoms with Crippen molar-refractivity contribution in [3.8, 4) is 5.75 Å². The Balaban J connectivity index is 1.66. The predicted molar refractivity (Wildman–Crippen MR) is 100 cm³/mol. The van der Waals surface area contributed by atoms with Crippen LogP contribution in [0.3, 0.4) is 0 Å². The minimum absolute atomic E-state index is 0.0174. The summed E-state index contributed by atoms with van der Waals surface area (Å²) in [5.41, 5.74) is 5.99. The Labute approximate surface area is 157 Å². The van der Waals surface area contributed by atoms with E-state index in [9.17, 15) is 9.59 Å². The van der Waals surface area contributed by atoms with Crippen molar-refractivity contribution in [2.45, 2.75) is 26.2 Å². The van der Waals surface area contributed by atoms with Crippen LogP contribution in [0.1, 0.15) is 31.1 Å². The molecular formula is C18H21N3O4S. The van der Waals surface area contributed by atoms with E-state index in [0.29, 0.717) is 17.4 Å². The number of ether oxygens (including phenoxy) is 1. The molecular weight excluding hydrogens is 354 g/mol. The number of nitrogens with one attached hydrogen (secondary N) is 3. The van der Waals surface area contributed by atoms with Crippen molar-refractivity contribution in [3.05, 3.63) is 54.0 Å². The first kappa shape index (κ1) is 19.5. The molecule has 0 unspecified atom stereocenters. The topological polar surface area (TPSA) is 92.6 Å². The van der Waals surface area contributed by atoms with Crippen molar-refractivity contribution in [2.24, 2.45) is 0 Å². The lowest BCUT2D eigenvalue weighted by Gasteiger charge is -2.11. The van der Waals surface area contributed by atoms with Gasteiger partial charge in [0.1, 0.15) is 11.5 Å². The molecule has 0 atom stereocenters. The lowest BCUT2D eigenvalue weighted by atomic mass is 10.0.